The van der Waals surface area contributed by atoms with E-state index in [0.717, 1.165) is 13.0 Å². The summed E-state index contributed by atoms with van der Waals surface area (Å²) >= 11 is 0. The number of aromatic nitrogens is 2. The van der Waals surface area contributed by atoms with Gasteiger partial charge >= 0.3 is 0 Å². The van der Waals surface area contributed by atoms with E-state index >= 15 is 0 Å². The molecule has 1 N–H and O–H groups in total. The van der Waals surface area contributed by atoms with Crippen LogP contribution in [0, 0.1) is 0 Å². The number of hydrogen-bond donors (Lipinski definition) is 1. The van der Waals surface area contributed by atoms with Crippen molar-refractivity contribution in [2.45, 2.75) is 20.3 Å². The Bertz CT molecular complexity index is 381. The summed E-state index contributed by atoms with van der Waals surface area (Å²) in [5.74, 6) is 0.546. The van der Waals surface area contributed by atoms with E-state index in [-0.39, 0.29) is 5.91 Å². The predicted molar refractivity (Wildman–Crippen MR) is 74.3 cm³/mol. The van der Waals surface area contributed by atoms with Gasteiger partial charge in [-0.05, 0) is 13.3 Å². The van der Waals surface area contributed by atoms with E-state index in [1.807, 2.05) is 6.92 Å². The molecule has 19 heavy (non-hydrogen) atoms. The van der Waals surface area contributed by atoms with E-state index in [0.29, 0.717) is 31.3 Å². The number of rotatable bonds is 8. The average molecular weight is 266 g/mol. The van der Waals surface area contributed by atoms with Crippen LogP contribution in [0.5, 0.6) is 0 Å². The lowest BCUT2D eigenvalue weighted by Crippen LogP contribution is -2.31. The van der Waals surface area contributed by atoms with Crippen LogP contribution in [-0.2, 0) is 4.74 Å². The molecule has 6 nitrogen and oxygen atoms in total. The van der Waals surface area contributed by atoms with Gasteiger partial charge in [-0.15, -0.1) is 0 Å². The normalized spacial score (nSPS) is 10.3. The second-order valence-corrected chi connectivity index (χ2v) is 4.14. The summed E-state index contributed by atoms with van der Waals surface area (Å²) in [6.45, 7) is 6.57. The zero-order valence-electron chi connectivity index (χ0n) is 11.8. The molecule has 0 unspecified atom stereocenters. The molecule has 0 aliphatic carbocycles. The van der Waals surface area contributed by atoms with Crippen LogP contribution in [0.4, 0.5) is 5.82 Å². The third kappa shape index (κ3) is 5.21. The number of hydrogen-bond acceptors (Lipinski definition) is 5. The summed E-state index contributed by atoms with van der Waals surface area (Å²) in [6.07, 6.45) is 4.10. The zero-order chi connectivity index (χ0) is 14.1. The molecule has 1 rings (SSSR count). The number of ether oxygens (including phenoxy) is 1. The van der Waals surface area contributed by atoms with E-state index in [1.165, 1.54) is 6.20 Å². The maximum Gasteiger partial charge on any atom is 0.273 e. The molecule has 1 heterocycles. The summed E-state index contributed by atoms with van der Waals surface area (Å²) in [4.78, 5) is 21.9. The predicted octanol–water partition coefficient (Wildman–Crippen LogP) is 1.41. The standard InChI is InChI=1S/C13H22N4O2/c1-4-6-14-12-10-15-11(9-16-12)13(18)17(3)7-8-19-5-2/h9-10H,4-8H2,1-3H3,(H,14,16). The van der Waals surface area contributed by atoms with Crippen LogP contribution in [0.25, 0.3) is 0 Å². The Balaban J connectivity index is 2.52. The van der Waals surface area contributed by atoms with Crippen molar-refractivity contribution in [1.29, 1.82) is 0 Å². The highest BCUT2D eigenvalue weighted by atomic mass is 16.5. The van der Waals surface area contributed by atoms with Gasteiger partial charge in [0.1, 0.15) is 11.5 Å². The molecule has 1 amide bonds. The third-order valence-electron chi connectivity index (χ3n) is 2.55. The molecule has 0 saturated heterocycles. The average Bonchev–Trinajstić information content (AvgIpc) is 2.45. The van der Waals surface area contributed by atoms with Crippen molar-refractivity contribution in [3.63, 3.8) is 0 Å². The molecule has 0 saturated carbocycles. The first-order valence-electron chi connectivity index (χ1n) is 6.58. The summed E-state index contributed by atoms with van der Waals surface area (Å²) in [7, 11) is 1.73. The van der Waals surface area contributed by atoms with Crippen molar-refractivity contribution in [2.75, 3.05) is 38.7 Å². The molecule has 0 aliphatic heterocycles. The number of anilines is 1. The fraction of sp³-hybridized carbons (Fsp3) is 0.615. The molecule has 1 aromatic heterocycles. The van der Waals surface area contributed by atoms with Gasteiger partial charge in [0, 0.05) is 26.7 Å². The van der Waals surface area contributed by atoms with Crippen LogP contribution in [0.15, 0.2) is 12.4 Å². The summed E-state index contributed by atoms with van der Waals surface area (Å²) in [5.41, 5.74) is 0.348. The Labute approximate surface area is 114 Å². The monoisotopic (exact) mass is 266 g/mol. The fourth-order valence-electron chi connectivity index (χ4n) is 1.43. The molecule has 0 radical (unpaired) electrons. The smallest absolute Gasteiger partial charge is 0.273 e. The Morgan fingerprint density at radius 2 is 2.16 bits per heavy atom. The van der Waals surface area contributed by atoms with Gasteiger partial charge in [-0.2, -0.15) is 0 Å². The van der Waals surface area contributed by atoms with Gasteiger partial charge in [0.2, 0.25) is 0 Å². The second-order valence-electron chi connectivity index (χ2n) is 4.14. The third-order valence-corrected chi connectivity index (χ3v) is 2.55. The lowest BCUT2D eigenvalue weighted by atomic mass is 10.4. The van der Waals surface area contributed by atoms with Crippen LogP contribution >= 0.6 is 0 Å². The Kier molecular flexibility index (Phi) is 6.81. The molecule has 106 valence electrons. The molecule has 0 bridgehead atoms. The highest BCUT2D eigenvalue weighted by Crippen LogP contribution is 2.03. The number of nitrogens with one attached hydrogen (secondary N) is 1. The first-order chi connectivity index (χ1) is 9.19. The number of carbonyl (C=O) groups excluding carboxylic acids is 1. The lowest BCUT2D eigenvalue weighted by molar-refractivity contribution is 0.0704. The van der Waals surface area contributed by atoms with Crippen LogP contribution in [0.1, 0.15) is 30.8 Å². The number of amides is 1. The second kappa shape index (κ2) is 8.42. The molecule has 0 atom stereocenters. The van der Waals surface area contributed by atoms with E-state index in [9.17, 15) is 4.79 Å². The quantitative estimate of drug-likeness (QED) is 0.720. The van der Waals surface area contributed by atoms with E-state index < -0.39 is 0 Å². The lowest BCUT2D eigenvalue weighted by Gasteiger charge is -2.16. The highest BCUT2D eigenvalue weighted by molar-refractivity contribution is 5.91. The SMILES string of the molecule is CCCNc1cnc(C(=O)N(C)CCOCC)cn1. The van der Waals surface area contributed by atoms with E-state index in [2.05, 4.69) is 22.2 Å². The van der Waals surface area contributed by atoms with Crippen LogP contribution in [-0.4, -0.2) is 54.1 Å². The molecule has 0 aromatic carbocycles. The molecule has 0 fully saturated rings. The number of nitrogens with zero attached hydrogens (tertiary/aromatic N) is 3. The van der Waals surface area contributed by atoms with Gasteiger partial charge in [0.15, 0.2) is 0 Å². The Hall–Kier alpha value is -1.69. The topological polar surface area (TPSA) is 67.4 Å². The van der Waals surface area contributed by atoms with Crippen molar-refractivity contribution in [3.05, 3.63) is 18.1 Å². The van der Waals surface area contributed by atoms with Crippen molar-refractivity contribution < 1.29 is 9.53 Å². The maximum absolute atomic E-state index is 12.0. The van der Waals surface area contributed by atoms with Crippen molar-refractivity contribution >= 4 is 11.7 Å². The first-order valence-corrected chi connectivity index (χ1v) is 6.58. The summed E-state index contributed by atoms with van der Waals surface area (Å²) < 4.78 is 5.21. The van der Waals surface area contributed by atoms with Gasteiger partial charge < -0.3 is 15.0 Å². The van der Waals surface area contributed by atoms with Crippen molar-refractivity contribution in [1.82, 2.24) is 14.9 Å². The molecular formula is C13H22N4O2. The maximum atomic E-state index is 12.0. The summed E-state index contributed by atoms with van der Waals surface area (Å²) in [6, 6.07) is 0. The minimum Gasteiger partial charge on any atom is -0.380 e. The summed E-state index contributed by atoms with van der Waals surface area (Å²) in [5, 5.41) is 3.11. The Morgan fingerprint density at radius 1 is 1.37 bits per heavy atom. The van der Waals surface area contributed by atoms with Crippen LogP contribution in [0.3, 0.4) is 0 Å². The van der Waals surface area contributed by atoms with Gasteiger partial charge in [0.25, 0.3) is 5.91 Å². The number of carbonyl (C=O) groups is 1. The minimum absolute atomic E-state index is 0.144. The van der Waals surface area contributed by atoms with Gasteiger partial charge in [-0.25, -0.2) is 9.97 Å². The first kappa shape index (κ1) is 15.4. The van der Waals surface area contributed by atoms with Crippen LogP contribution in [0.2, 0.25) is 0 Å². The molecule has 0 aliphatic rings. The Morgan fingerprint density at radius 3 is 2.74 bits per heavy atom. The zero-order valence-corrected chi connectivity index (χ0v) is 11.8. The minimum atomic E-state index is -0.144. The van der Waals surface area contributed by atoms with E-state index in [4.69, 9.17) is 4.74 Å². The van der Waals surface area contributed by atoms with Gasteiger partial charge in [-0.1, -0.05) is 6.92 Å². The molecular weight excluding hydrogens is 244 g/mol. The van der Waals surface area contributed by atoms with Crippen LogP contribution < -0.4 is 5.32 Å². The molecule has 0 spiro atoms. The van der Waals surface area contributed by atoms with E-state index in [1.54, 1.807) is 18.1 Å². The molecule has 6 heteroatoms. The fourth-order valence-corrected chi connectivity index (χ4v) is 1.43. The van der Waals surface area contributed by atoms with Gasteiger partial charge in [-0.3, -0.25) is 4.79 Å². The van der Waals surface area contributed by atoms with Gasteiger partial charge in [0.05, 0.1) is 19.0 Å². The number of likely N-dealkylation sites (N-methyl/N-ethyl adjacent to an activating group) is 1. The highest BCUT2D eigenvalue weighted by Gasteiger charge is 2.13. The van der Waals surface area contributed by atoms with Crippen molar-refractivity contribution in [2.24, 2.45) is 0 Å². The largest absolute Gasteiger partial charge is 0.380 e. The van der Waals surface area contributed by atoms with Crippen molar-refractivity contribution in [3.8, 4) is 0 Å². The molecule has 1 aromatic rings.